The van der Waals surface area contributed by atoms with Crippen LogP contribution >= 0.6 is 0 Å². The van der Waals surface area contributed by atoms with Crippen LogP contribution < -0.4 is 0 Å². The molecule has 0 aromatic carbocycles. The quantitative estimate of drug-likeness (QED) is 0.257. The van der Waals surface area contributed by atoms with Crippen molar-refractivity contribution in [2.45, 2.75) is 48.2 Å². The Morgan fingerprint density at radius 1 is 0.760 bits per heavy atom. The maximum Gasteiger partial charge on any atom is 0.535 e. The maximum atomic E-state index is 10.2. The van der Waals surface area contributed by atoms with Crippen molar-refractivity contribution in [1.82, 2.24) is 0 Å². The second kappa shape index (κ2) is 5.79. The minimum absolute atomic E-state index is 0.375. The van der Waals surface area contributed by atoms with E-state index in [1.54, 1.807) is 0 Å². The lowest BCUT2D eigenvalue weighted by molar-refractivity contribution is -0.227. The van der Waals surface area contributed by atoms with E-state index in [-0.39, 0.29) is 13.2 Å². The summed E-state index contributed by atoms with van der Waals surface area (Å²) in [5, 5.41) is 58.5. The number of aliphatic hydroxyl groups excluding tert-OH is 6. The van der Waals surface area contributed by atoms with Crippen LogP contribution in [-0.4, -0.2) is 112 Å². The molecule has 0 bridgehead atoms. The molecule has 6 N–H and O–H groups in total. The summed E-state index contributed by atoms with van der Waals surface area (Å²) >= 11 is 0. The molecule has 0 amide bonds. The molecule has 0 aromatic rings. The summed E-state index contributed by atoms with van der Waals surface area (Å²) in [5.74, 6) is -3.65. The molecule has 4 rings (SSSR count). The highest BCUT2D eigenvalue weighted by Crippen LogP contribution is 2.47. The highest BCUT2D eigenvalue weighted by atomic mass is 16.9. The zero-order valence-electron chi connectivity index (χ0n) is 13.0. The number of hydrogen-bond acceptors (Lipinski definition) is 12. The molecule has 4 fully saturated rings. The van der Waals surface area contributed by atoms with Crippen molar-refractivity contribution in [3.8, 4) is 0 Å². The van der Waals surface area contributed by atoms with Crippen molar-refractivity contribution in [2.24, 2.45) is 0 Å². The normalized spacial score (nSPS) is 58.3. The van der Waals surface area contributed by atoms with E-state index >= 15 is 0 Å². The van der Waals surface area contributed by atoms with Crippen molar-refractivity contribution >= 4 is 6.96 Å². The molecule has 0 aliphatic carbocycles. The molecule has 0 saturated carbocycles. The lowest BCUT2D eigenvalue weighted by atomic mass is 9.38. The van der Waals surface area contributed by atoms with Crippen LogP contribution in [0.1, 0.15) is 0 Å². The van der Waals surface area contributed by atoms with Crippen LogP contribution in [0.5, 0.6) is 0 Å². The van der Waals surface area contributed by atoms with Gasteiger partial charge in [0.25, 0.3) is 0 Å². The Bertz CT molecular complexity index is 490. The third-order valence-electron chi connectivity index (χ3n) is 5.04. The van der Waals surface area contributed by atoms with Gasteiger partial charge in [-0.1, -0.05) is 0 Å². The Hall–Kier alpha value is -0.415. The SMILES string of the molecule is OC[C@H]1OC2(CO[10B-]3(OCC4(O[C@H](CO)[C@@H](O)[C@@H]4O)O3)O2)[C@@H](O)[C@@H]1O. The van der Waals surface area contributed by atoms with Gasteiger partial charge in [-0.15, -0.1) is 0 Å². The van der Waals surface area contributed by atoms with Gasteiger partial charge in [-0.25, -0.2) is 0 Å². The average molecular weight is 366 g/mol. The molecule has 25 heavy (non-hydrogen) atoms. The van der Waals surface area contributed by atoms with Crippen molar-refractivity contribution < 1.29 is 58.7 Å². The molecule has 4 aliphatic heterocycles. The van der Waals surface area contributed by atoms with E-state index in [0.29, 0.717) is 0 Å². The summed E-state index contributed by atoms with van der Waals surface area (Å²) in [7, 11) is 0. The first-order valence-electron chi connectivity index (χ1n) is 7.91. The Kier molecular flexibility index (Phi) is 4.16. The molecule has 0 radical (unpaired) electrons. The van der Waals surface area contributed by atoms with Crippen molar-refractivity contribution in [3.63, 3.8) is 0 Å². The van der Waals surface area contributed by atoms with E-state index in [9.17, 15) is 30.6 Å². The smallest absolute Gasteiger partial charge is 0.514 e. The van der Waals surface area contributed by atoms with Gasteiger partial charge in [0, 0.05) is 0 Å². The molecule has 3 spiro atoms. The van der Waals surface area contributed by atoms with Gasteiger partial charge in [-0.3, -0.25) is 0 Å². The van der Waals surface area contributed by atoms with Gasteiger partial charge in [0.05, 0.1) is 26.4 Å². The zero-order valence-corrected chi connectivity index (χ0v) is 13.0. The van der Waals surface area contributed by atoms with Crippen molar-refractivity contribution in [2.75, 3.05) is 26.4 Å². The molecule has 13 heteroatoms. The molecule has 4 saturated heterocycles. The number of rotatable bonds is 2. The van der Waals surface area contributed by atoms with Crippen LogP contribution in [0.4, 0.5) is 0 Å². The van der Waals surface area contributed by atoms with E-state index < -0.39 is 68.4 Å². The van der Waals surface area contributed by atoms with Crippen LogP contribution in [0, 0.1) is 0 Å². The van der Waals surface area contributed by atoms with E-state index in [2.05, 4.69) is 0 Å². The first-order chi connectivity index (χ1) is 11.8. The molecular formula is C12H20BO12-. The van der Waals surface area contributed by atoms with Gasteiger partial charge >= 0.3 is 6.96 Å². The fraction of sp³-hybridized carbons (Fsp3) is 1.00. The summed E-state index contributed by atoms with van der Waals surface area (Å²) in [5.41, 5.74) is 0. The second-order valence-corrected chi connectivity index (χ2v) is 6.61. The van der Waals surface area contributed by atoms with E-state index in [4.69, 9.17) is 28.1 Å². The first kappa shape index (κ1) is 18.0. The maximum absolute atomic E-state index is 10.2. The second-order valence-electron chi connectivity index (χ2n) is 6.61. The summed E-state index contributed by atoms with van der Waals surface area (Å²) in [6.07, 6.45) is -8.09. The monoisotopic (exact) mass is 366 g/mol. The van der Waals surface area contributed by atoms with Crippen LogP contribution in [0.15, 0.2) is 0 Å². The highest BCUT2D eigenvalue weighted by molar-refractivity contribution is 6.55. The molecule has 0 aromatic heterocycles. The minimum Gasteiger partial charge on any atom is -0.514 e. The molecular weight excluding hydrogens is 346 g/mol. The Morgan fingerprint density at radius 2 is 1.16 bits per heavy atom. The van der Waals surface area contributed by atoms with Crippen molar-refractivity contribution in [3.05, 3.63) is 0 Å². The predicted octanol–water partition coefficient (Wildman–Crippen LogP) is -4.87. The topological polar surface area (TPSA) is 177 Å². The number of aliphatic hydroxyl groups is 6. The average Bonchev–Trinajstić information content (AvgIpc) is 3.29. The minimum atomic E-state index is -2.98. The summed E-state index contributed by atoms with van der Waals surface area (Å²) < 4.78 is 32.6. The Balaban J connectivity index is 1.53. The Labute approximate surface area is 141 Å². The van der Waals surface area contributed by atoms with Crippen LogP contribution in [0.25, 0.3) is 0 Å². The number of hydrogen-bond donors (Lipinski definition) is 6. The summed E-state index contributed by atoms with van der Waals surface area (Å²) in [6.45, 7) is -4.84. The molecule has 4 aliphatic rings. The standard InChI is InChI=1S/C12H20BO12/c14-1-5-7(16)9(18)11(22-5)3-20-13(24-11)21-4-12(25-13)10(19)8(17)6(2-15)23-12/h5-10,14-19H,1-4H2/q-1/t5-,6-,7-,8-,9+,10+,11?,12?,13?/m1/s1/i13-1. The number of ether oxygens (including phenoxy) is 2. The summed E-state index contributed by atoms with van der Waals surface area (Å²) in [4.78, 5) is 0. The van der Waals surface area contributed by atoms with Gasteiger partial charge in [-0.2, -0.15) is 0 Å². The van der Waals surface area contributed by atoms with Crippen LogP contribution in [-0.2, 0) is 28.1 Å². The predicted molar refractivity (Wildman–Crippen MR) is 73.2 cm³/mol. The molecule has 4 heterocycles. The van der Waals surface area contributed by atoms with E-state index in [1.165, 1.54) is 0 Å². The van der Waals surface area contributed by atoms with Crippen molar-refractivity contribution in [1.29, 1.82) is 0 Å². The van der Waals surface area contributed by atoms with E-state index in [0.717, 1.165) is 0 Å². The molecule has 8 atom stereocenters. The first-order valence-corrected chi connectivity index (χ1v) is 7.91. The molecule has 144 valence electrons. The van der Waals surface area contributed by atoms with Crippen LogP contribution in [0.3, 0.4) is 0 Å². The third kappa shape index (κ3) is 2.41. The van der Waals surface area contributed by atoms with Gasteiger partial charge in [0.2, 0.25) is 0 Å². The zero-order chi connectivity index (χ0) is 18.0. The van der Waals surface area contributed by atoms with Crippen LogP contribution in [0.2, 0.25) is 0 Å². The fourth-order valence-electron chi connectivity index (χ4n) is 3.64. The van der Waals surface area contributed by atoms with Gasteiger partial charge in [0.1, 0.15) is 36.6 Å². The van der Waals surface area contributed by atoms with E-state index in [1.807, 2.05) is 0 Å². The lowest BCUT2D eigenvalue weighted by Crippen LogP contribution is -2.52. The highest BCUT2D eigenvalue weighted by Gasteiger charge is 2.68. The largest absolute Gasteiger partial charge is 0.535 e. The molecule has 12 nitrogen and oxygen atoms in total. The fourth-order valence-corrected chi connectivity index (χ4v) is 3.64. The van der Waals surface area contributed by atoms with Gasteiger partial charge in [0.15, 0.2) is 11.6 Å². The van der Waals surface area contributed by atoms with Gasteiger partial charge < -0.3 is 58.7 Å². The summed E-state index contributed by atoms with van der Waals surface area (Å²) in [6, 6.07) is 0. The molecule has 2 unspecified atom stereocenters. The lowest BCUT2D eigenvalue weighted by Gasteiger charge is -2.36. The van der Waals surface area contributed by atoms with Gasteiger partial charge in [-0.05, 0) is 0 Å². The Morgan fingerprint density at radius 3 is 1.48 bits per heavy atom. The third-order valence-corrected chi connectivity index (χ3v) is 5.04.